The summed E-state index contributed by atoms with van der Waals surface area (Å²) in [5.41, 5.74) is 3.79. The fourth-order valence-electron chi connectivity index (χ4n) is 2.94. The normalized spacial score (nSPS) is 13.3. The first-order chi connectivity index (χ1) is 13.2. The second-order valence-corrected chi connectivity index (χ2v) is 6.00. The van der Waals surface area contributed by atoms with Crippen molar-refractivity contribution in [3.63, 3.8) is 0 Å². The van der Waals surface area contributed by atoms with Gasteiger partial charge >= 0.3 is 0 Å². The molecule has 0 atom stereocenters. The molecule has 134 valence electrons. The Morgan fingerprint density at radius 1 is 0.926 bits per heavy atom. The van der Waals surface area contributed by atoms with Gasteiger partial charge in [-0.15, -0.1) is 0 Å². The van der Waals surface area contributed by atoms with Crippen molar-refractivity contribution in [3.05, 3.63) is 93.8 Å². The lowest BCUT2D eigenvalue weighted by Crippen LogP contribution is -2.15. The molecule has 3 aromatic rings. The van der Waals surface area contributed by atoms with E-state index < -0.39 is 4.92 Å². The van der Waals surface area contributed by atoms with Crippen LogP contribution in [0.5, 0.6) is 11.5 Å². The summed E-state index contributed by atoms with van der Waals surface area (Å²) in [5.74, 6) is 1.45. The molecular formula is C21H16N2O4. The lowest BCUT2D eigenvalue weighted by atomic mass is 9.96. The summed E-state index contributed by atoms with van der Waals surface area (Å²) in [6.07, 6.45) is 5.46. The van der Waals surface area contributed by atoms with E-state index in [4.69, 9.17) is 9.47 Å². The largest absolute Gasteiger partial charge is 0.486 e. The van der Waals surface area contributed by atoms with Crippen molar-refractivity contribution < 1.29 is 14.4 Å². The summed E-state index contributed by atoms with van der Waals surface area (Å²) in [7, 11) is 0. The van der Waals surface area contributed by atoms with Crippen LogP contribution < -0.4 is 9.47 Å². The second-order valence-electron chi connectivity index (χ2n) is 6.00. The van der Waals surface area contributed by atoms with Gasteiger partial charge in [-0.2, -0.15) is 0 Å². The number of pyridine rings is 1. The molecule has 0 spiro atoms. The molecule has 1 aliphatic rings. The molecule has 1 aromatic heterocycles. The van der Waals surface area contributed by atoms with E-state index in [0.29, 0.717) is 19.0 Å². The van der Waals surface area contributed by atoms with E-state index in [-0.39, 0.29) is 5.69 Å². The average Bonchev–Trinajstić information content (AvgIpc) is 2.72. The number of aromatic nitrogens is 1. The van der Waals surface area contributed by atoms with Gasteiger partial charge in [0.25, 0.3) is 5.69 Å². The van der Waals surface area contributed by atoms with Crippen LogP contribution >= 0.6 is 0 Å². The maximum atomic E-state index is 10.9. The zero-order valence-corrected chi connectivity index (χ0v) is 14.4. The molecule has 2 aromatic carbocycles. The summed E-state index contributed by atoms with van der Waals surface area (Å²) in [6.45, 7) is 1.08. The summed E-state index contributed by atoms with van der Waals surface area (Å²) in [6, 6.07) is 16.1. The molecule has 2 heterocycles. The minimum atomic E-state index is -0.402. The molecule has 27 heavy (non-hydrogen) atoms. The molecule has 0 radical (unpaired) electrons. The van der Waals surface area contributed by atoms with E-state index >= 15 is 0 Å². The van der Waals surface area contributed by atoms with Crippen molar-refractivity contribution in [2.45, 2.75) is 0 Å². The maximum Gasteiger partial charge on any atom is 0.269 e. The molecule has 0 saturated carbocycles. The third kappa shape index (κ3) is 3.64. The minimum absolute atomic E-state index is 0.0622. The molecule has 0 fully saturated rings. The van der Waals surface area contributed by atoms with Gasteiger partial charge in [-0.25, -0.2) is 0 Å². The summed E-state index contributed by atoms with van der Waals surface area (Å²) in [5, 5.41) is 10.9. The number of benzene rings is 2. The second kappa shape index (κ2) is 7.29. The number of hydrogen-bond acceptors (Lipinski definition) is 5. The van der Waals surface area contributed by atoms with Gasteiger partial charge in [0.2, 0.25) is 0 Å². The third-order valence-corrected chi connectivity index (χ3v) is 4.26. The standard InChI is InChI=1S/C21H16N2O4/c24-23(25)18-4-2-16(3-5-18)19(17-7-9-22-10-8-17)13-15-1-6-20-21(14-15)27-12-11-26-20/h1-10,13-14H,11-12H2/b19-13-. The molecule has 0 aliphatic carbocycles. The van der Waals surface area contributed by atoms with Gasteiger partial charge in [0.05, 0.1) is 4.92 Å². The van der Waals surface area contributed by atoms with Gasteiger partial charge in [-0.1, -0.05) is 6.07 Å². The summed E-state index contributed by atoms with van der Waals surface area (Å²) >= 11 is 0. The molecule has 0 bridgehead atoms. The quantitative estimate of drug-likeness (QED) is 0.393. The Morgan fingerprint density at radius 3 is 2.30 bits per heavy atom. The van der Waals surface area contributed by atoms with Gasteiger partial charge in [0.1, 0.15) is 13.2 Å². The Kier molecular flexibility index (Phi) is 4.53. The van der Waals surface area contributed by atoms with Gasteiger partial charge in [0.15, 0.2) is 11.5 Å². The Bertz CT molecular complexity index is 998. The first-order valence-electron chi connectivity index (χ1n) is 8.47. The fourth-order valence-corrected chi connectivity index (χ4v) is 2.94. The number of ether oxygens (including phenoxy) is 2. The molecule has 4 rings (SSSR count). The molecule has 1 aliphatic heterocycles. The van der Waals surface area contributed by atoms with Crippen molar-refractivity contribution in [2.24, 2.45) is 0 Å². The number of nitro groups is 1. The minimum Gasteiger partial charge on any atom is -0.486 e. The third-order valence-electron chi connectivity index (χ3n) is 4.26. The zero-order chi connectivity index (χ0) is 18.6. The number of rotatable bonds is 4. The van der Waals surface area contributed by atoms with Crippen LogP contribution in [0.2, 0.25) is 0 Å². The molecule has 0 saturated heterocycles. The topological polar surface area (TPSA) is 74.5 Å². The number of hydrogen-bond donors (Lipinski definition) is 0. The summed E-state index contributed by atoms with van der Waals surface area (Å²) in [4.78, 5) is 14.6. The van der Waals surface area contributed by atoms with Gasteiger partial charge in [-0.3, -0.25) is 15.1 Å². The van der Waals surface area contributed by atoms with Gasteiger partial charge in [0, 0.05) is 24.5 Å². The van der Waals surface area contributed by atoms with Crippen LogP contribution in [0.1, 0.15) is 16.7 Å². The van der Waals surface area contributed by atoms with E-state index in [1.807, 2.05) is 36.4 Å². The van der Waals surface area contributed by atoms with Crippen LogP contribution in [0.4, 0.5) is 5.69 Å². The summed E-state index contributed by atoms with van der Waals surface area (Å²) < 4.78 is 11.2. The highest BCUT2D eigenvalue weighted by atomic mass is 16.6. The van der Waals surface area contributed by atoms with E-state index in [9.17, 15) is 10.1 Å². The van der Waals surface area contributed by atoms with Gasteiger partial charge < -0.3 is 9.47 Å². The van der Waals surface area contributed by atoms with Crippen molar-refractivity contribution in [3.8, 4) is 11.5 Å². The van der Waals surface area contributed by atoms with E-state index in [1.165, 1.54) is 12.1 Å². The highest BCUT2D eigenvalue weighted by Gasteiger charge is 2.13. The zero-order valence-electron chi connectivity index (χ0n) is 14.4. The van der Waals surface area contributed by atoms with Crippen LogP contribution in [-0.2, 0) is 0 Å². The number of non-ortho nitro benzene ring substituents is 1. The Hall–Kier alpha value is -3.67. The van der Waals surface area contributed by atoms with Crippen LogP contribution in [0.3, 0.4) is 0 Å². The smallest absolute Gasteiger partial charge is 0.269 e. The van der Waals surface area contributed by atoms with E-state index in [0.717, 1.165) is 28.0 Å². The number of fused-ring (bicyclic) bond motifs is 1. The molecule has 6 nitrogen and oxygen atoms in total. The average molecular weight is 360 g/mol. The highest BCUT2D eigenvalue weighted by Crippen LogP contribution is 2.33. The first kappa shape index (κ1) is 16.8. The van der Waals surface area contributed by atoms with Crippen molar-refractivity contribution in [2.75, 3.05) is 13.2 Å². The Balaban J connectivity index is 1.78. The van der Waals surface area contributed by atoms with Crippen molar-refractivity contribution in [1.29, 1.82) is 0 Å². The first-order valence-corrected chi connectivity index (χ1v) is 8.47. The Labute approximate surface area is 155 Å². The lowest BCUT2D eigenvalue weighted by Gasteiger charge is -2.18. The fraction of sp³-hybridized carbons (Fsp3) is 0.0952. The van der Waals surface area contributed by atoms with Crippen LogP contribution in [-0.4, -0.2) is 23.1 Å². The van der Waals surface area contributed by atoms with Crippen LogP contribution in [0, 0.1) is 10.1 Å². The Morgan fingerprint density at radius 2 is 1.59 bits per heavy atom. The number of nitro benzene ring substituents is 1. The predicted molar refractivity (Wildman–Crippen MR) is 102 cm³/mol. The van der Waals surface area contributed by atoms with E-state index in [2.05, 4.69) is 4.98 Å². The van der Waals surface area contributed by atoms with Crippen molar-refractivity contribution in [1.82, 2.24) is 4.98 Å². The molecule has 0 N–H and O–H groups in total. The SMILES string of the molecule is O=[N+]([O-])c1ccc(/C(=C/c2ccc3c(c2)OCCO3)c2ccncc2)cc1. The van der Waals surface area contributed by atoms with E-state index in [1.54, 1.807) is 24.5 Å². The molecular weight excluding hydrogens is 344 g/mol. The lowest BCUT2D eigenvalue weighted by molar-refractivity contribution is -0.384. The maximum absolute atomic E-state index is 10.9. The van der Waals surface area contributed by atoms with Gasteiger partial charge in [-0.05, 0) is 64.7 Å². The monoisotopic (exact) mass is 360 g/mol. The van der Waals surface area contributed by atoms with Crippen molar-refractivity contribution >= 4 is 17.3 Å². The van der Waals surface area contributed by atoms with Crippen LogP contribution in [0.25, 0.3) is 11.6 Å². The highest BCUT2D eigenvalue weighted by molar-refractivity contribution is 5.91. The molecule has 0 unspecified atom stereocenters. The predicted octanol–water partition coefficient (Wildman–Crippen LogP) is 4.35. The molecule has 6 heteroatoms. The molecule has 0 amide bonds. The van der Waals surface area contributed by atoms with Crippen LogP contribution in [0.15, 0.2) is 67.0 Å². The number of nitrogens with zero attached hydrogens (tertiary/aromatic N) is 2.